The molecule has 2 fully saturated rings. The lowest BCUT2D eigenvalue weighted by atomic mass is 10.0. The van der Waals surface area contributed by atoms with Crippen molar-refractivity contribution in [2.75, 3.05) is 39.9 Å². The molecule has 1 amide bonds. The van der Waals surface area contributed by atoms with Crippen LogP contribution in [0.25, 0.3) is 0 Å². The van der Waals surface area contributed by atoms with Crippen molar-refractivity contribution in [2.45, 2.75) is 37.1 Å². The van der Waals surface area contributed by atoms with Crippen molar-refractivity contribution in [3.05, 3.63) is 0 Å². The number of amides is 1. The summed E-state index contributed by atoms with van der Waals surface area (Å²) < 4.78 is 49.1. The molecule has 122 valence electrons. The highest BCUT2D eigenvalue weighted by molar-refractivity contribution is 5.78. The second-order valence-corrected chi connectivity index (χ2v) is 5.60. The molecule has 1 N–H and O–H groups in total. The van der Waals surface area contributed by atoms with E-state index in [1.807, 2.05) is 0 Å². The molecular formula is C13H21F3N2O3. The van der Waals surface area contributed by atoms with Crippen LogP contribution < -0.4 is 5.32 Å². The van der Waals surface area contributed by atoms with Crippen molar-refractivity contribution in [1.82, 2.24) is 10.2 Å². The van der Waals surface area contributed by atoms with Gasteiger partial charge in [0, 0.05) is 33.4 Å². The SMILES string of the molecule is COC1(C(F)(F)F)CCN(CC(=O)NCC2CCCO2)C1. The van der Waals surface area contributed by atoms with Crippen LogP contribution >= 0.6 is 0 Å². The van der Waals surface area contributed by atoms with E-state index in [4.69, 9.17) is 9.47 Å². The number of nitrogens with one attached hydrogen (secondary N) is 1. The van der Waals surface area contributed by atoms with Crippen LogP contribution in [0.3, 0.4) is 0 Å². The van der Waals surface area contributed by atoms with Gasteiger partial charge in [-0.2, -0.15) is 13.2 Å². The third kappa shape index (κ3) is 3.87. The fraction of sp³-hybridized carbons (Fsp3) is 0.923. The van der Waals surface area contributed by atoms with Crippen molar-refractivity contribution in [2.24, 2.45) is 0 Å². The molecule has 0 spiro atoms. The average molecular weight is 310 g/mol. The summed E-state index contributed by atoms with van der Waals surface area (Å²) in [5.74, 6) is -0.278. The van der Waals surface area contributed by atoms with E-state index < -0.39 is 11.8 Å². The first-order valence-electron chi connectivity index (χ1n) is 7.09. The second kappa shape index (κ2) is 6.50. The van der Waals surface area contributed by atoms with Gasteiger partial charge < -0.3 is 14.8 Å². The Labute approximate surface area is 121 Å². The van der Waals surface area contributed by atoms with Gasteiger partial charge in [-0.1, -0.05) is 0 Å². The van der Waals surface area contributed by atoms with Crippen LogP contribution in [0.15, 0.2) is 0 Å². The van der Waals surface area contributed by atoms with E-state index in [1.165, 1.54) is 4.90 Å². The molecule has 0 aromatic rings. The summed E-state index contributed by atoms with van der Waals surface area (Å²) in [5, 5.41) is 2.71. The van der Waals surface area contributed by atoms with Crippen LogP contribution in [0.2, 0.25) is 0 Å². The topological polar surface area (TPSA) is 50.8 Å². The fourth-order valence-corrected chi connectivity index (χ4v) is 2.80. The molecule has 0 aliphatic carbocycles. The van der Waals surface area contributed by atoms with Gasteiger partial charge in [0.25, 0.3) is 0 Å². The van der Waals surface area contributed by atoms with Gasteiger partial charge in [-0.15, -0.1) is 0 Å². The highest BCUT2D eigenvalue weighted by Crippen LogP contribution is 2.40. The van der Waals surface area contributed by atoms with E-state index in [1.54, 1.807) is 0 Å². The predicted octanol–water partition coefficient (Wildman–Crippen LogP) is 0.935. The van der Waals surface area contributed by atoms with Crippen molar-refractivity contribution >= 4 is 5.91 Å². The summed E-state index contributed by atoms with van der Waals surface area (Å²) in [6, 6.07) is 0. The molecule has 2 atom stereocenters. The second-order valence-electron chi connectivity index (χ2n) is 5.60. The summed E-state index contributed by atoms with van der Waals surface area (Å²) in [6.07, 6.45) is -2.66. The van der Waals surface area contributed by atoms with Gasteiger partial charge in [0.1, 0.15) is 0 Å². The van der Waals surface area contributed by atoms with Gasteiger partial charge in [0.05, 0.1) is 12.6 Å². The Balaban J connectivity index is 1.77. The van der Waals surface area contributed by atoms with Gasteiger partial charge in [-0.3, -0.25) is 9.69 Å². The van der Waals surface area contributed by atoms with E-state index in [0.29, 0.717) is 13.2 Å². The maximum atomic E-state index is 13.0. The zero-order chi connectivity index (χ0) is 15.5. The standard InChI is InChI=1S/C13H21F3N2O3/c1-20-12(13(14,15)16)4-5-18(9-12)8-11(19)17-7-10-3-2-6-21-10/h10H,2-9H2,1H3,(H,17,19). The molecule has 5 nitrogen and oxygen atoms in total. The Bertz CT molecular complexity index is 372. The summed E-state index contributed by atoms with van der Waals surface area (Å²) in [5.41, 5.74) is -2.15. The molecule has 0 aromatic heterocycles. The molecule has 2 aliphatic heterocycles. The minimum Gasteiger partial charge on any atom is -0.376 e. The smallest absolute Gasteiger partial charge is 0.376 e. The van der Waals surface area contributed by atoms with Gasteiger partial charge >= 0.3 is 6.18 Å². The van der Waals surface area contributed by atoms with Crippen molar-refractivity contribution in [3.8, 4) is 0 Å². The highest BCUT2D eigenvalue weighted by Gasteiger charge is 2.58. The lowest BCUT2D eigenvalue weighted by Gasteiger charge is -2.30. The first-order valence-corrected chi connectivity index (χ1v) is 7.09. The molecule has 0 radical (unpaired) electrons. The zero-order valence-electron chi connectivity index (χ0n) is 12.0. The molecule has 2 unspecified atom stereocenters. The summed E-state index contributed by atoms with van der Waals surface area (Å²) in [6.45, 7) is 0.963. The fourth-order valence-electron chi connectivity index (χ4n) is 2.80. The molecule has 2 rings (SSSR count). The van der Waals surface area contributed by atoms with Gasteiger partial charge in [-0.05, 0) is 19.3 Å². The van der Waals surface area contributed by atoms with Gasteiger partial charge in [0.2, 0.25) is 5.91 Å². The number of likely N-dealkylation sites (tertiary alicyclic amines) is 1. The molecule has 0 saturated carbocycles. The van der Waals surface area contributed by atoms with E-state index in [0.717, 1.165) is 20.0 Å². The lowest BCUT2D eigenvalue weighted by molar-refractivity contribution is -0.263. The molecule has 8 heteroatoms. The molecular weight excluding hydrogens is 289 g/mol. The summed E-state index contributed by atoms with van der Waals surface area (Å²) >= 11 is 0. The van der Waals surface area contributed by atoms with Crippen molar-refractivity contribution in [3.63, 3.8) is 0 Å². The van der Waals surface area contributed by atoms with Crippen LogP contribution in [-0.4, -0.2) is 68.6 Å². The largest absolute Gasteiger partial charge is 0.418 e. The maximum absolute atomic E-state index is 13.0. The van der Waals surface area contributed by atoms with E-state index in [9.17, 15) is 18.0 Å². The highest BCUT2D eigenvalue weighted by atomic mass is 19.4. The van der Waals surface area contributed by atoms with Crippen molar-refractivity contribution in [1.29, 1.82) is 0 Å². The number of rotatable bonds is 5. The minimum absolute atomic E-state index is 0.0285. The Kier molecular flexibility index (Phi) is 5.11. The number of methoxy groups -OCH3 is 1. The number of carbonyl (C=O) groups is 1. The quantitative estimate of drug-likeness (QED) is 0.821. The van der Waals surface area contributed by atoms with E-state index >= 15 is 0 Å². The molecule has 2 heterocycles. The van der Waals surface area contributed by atoms with Gasteiger partial charge in [0.15, 0.2) is 5.60 Å². The Morgan fingerprint density at radius 2 is 2.29 bits per heavy atom. The molecule has 2 aliphatic rings. The Morgan fingerprint density at radius 3 is 2.81 bits per heavy atom. The molecule has 0 bridgehead atoms. The number of ether oxygens (including phenoxy) is 2. The third-order valence-electron chi connectivity index (χ3n) is 4.14. The molecule has 2 saturated heterocycles. The number of nitrogens with zero attached hydrogens (tertiary/aromatic N) is 1. The third-order valence-corrected chi connectivity index (χ3v) is 4.14. The number of hydrogen-bond donors (Lipinski definition) is 1. The monoisotopic (exact) mass is 310 g/mol. The number of halogens is 3. The first kappa shape index (κ1) is 16.5. The molecule has 21 heavy (non-hydrogen) atoms. The van der Waals surface area contributed by atoms with Crippen LogP contribution in [0.4, 0.5) is 13.2 Å². The number of alkyl halides is 3. The van der Waals surface area contributed by atoms with Crippen LogP contribution in [0.5, 0.6) is 0 Å². The first-order chi connectivity index (χ1) is 9.86. The van der Waals surface area contributed by atoms with Crippen LogP contribution in [-0.2, 0) is 14.3 Å². The minimum atomic E-state index is -4.43. The summed E-state index contributed by atoms with van der Waals surface area (Å²) in [7, 11) is 1.06. The number of carbonyl (C=O) groups excluding carboxylic acids is 1. The van der Waals surface area contributed by atoms with Crippen LogP contribution in [0.1, 0.15) is 19.3 Å². The molecule has 0 aromatic carbocycles. The maximum Gasteiger partial charge on any atom is 0.418 e. The Morgan fingerprint density at radius 1 is 1.52 bits per heavy atom. The van der Waals surface area contributed by atoms with E-state index in [2.05, 4.69) is 5.32 Å². The van der Waals surface area contributed by atoms with Crippen molar-refractivity contribution < 1.29 is 27.4 Å². The summed E-state index contributed by atoms with van der Waals surface area (Å²) in [4.78, 5) is 13.2. The van der Waals surface area contributed by atoms with Gasteiger partial charge in [-0.25, -0.2) is 0 Å². The Hall–Kier alpha value is -0.860. The van der Waals surface area contributed by atoms with Crippen LogP contribution in [0, 0.1) is 0 Å². The predicted molar refractivity (Wildman–Crippen MR) is 68.8 cm³/mol. The zero-order valence-corrected chi connectivity index (χ0v) is 12.0. The number of hydrogen-bond acceptors (Lipinski definition) is 4. The lowest BCUT2D eigenvalue weighted by Crippen LogP contribution is -2.50. The van der Waals surface area contributed by atoms with E-state index in [-0.39, 0.29) is 38.1 Å². The normalized spacial score (nSPS) is 30.8. The average Bonchev–Trinajstić information content (AvgIpc) is 3.05.